The lowest BCUT2D eigenvalue weighted by molar-refractivity contribution is 0.0953. The van der Waals surface area contributed by atoms with Crippen LogP contribution < -0.4 is 10.1 Å². The van der Waals surface area contributed by atoms with Crippen LogP contribution in [-0.2, 0) is 9.84 Å². The first-order chi connectivity index (χ1) is 13.0. The molecule has 0 saturated carbocycles. The minimum Gasteiger partial charge on any atom is -0.497 e. The Bertz CT molecular complexity index is 981. The van der Waals surface area contributed by atoms with Crippen molar-refractivity contribution in [2.75, 3.05) is 13.7 Å². The van der Waals surface area contributed by atoms with Gasteiger partial charge in [0, 0.05) is 12.1 Å². The Balaban J connectivity index is 1.86. The minimum absolute atomic E-state index is 0.115. The first-order valence-electron chi connectivity index (χ1n) is 8.27. The highest BCUT2D eigenvalue weighted by molar-refractivity contribution is 7.91. The lowest BCUT2D eigenvalue weighted by Gasteiger charge is -2.17. The Morgan fingerprint density at radius 1 is 1.04 bits per heavy atom. The summed E-state index contributed by atoms with van der Waals surface area (Å²) in [6.07, 6.45) is 1.41. The fourth-order valence-electron chi connectivity index (χ4n) is 2.64. The van der Waals surface area contributed by atoms with Gasteiger partial charge in [-0.1, -0.05) is 18.2 Å². The van der Waals surface area contributed by atoms with Crippen LogP contribution in [0.15, 0.2) is 82.3 Å². The lowest BCUT2D eigenvalue weighted by atomic mass is 10.2. The summed E-state index contributed by atoms with van der Waals surface area (Å²) >= 11 is 0. The molecule has 1 aromatic heterocycles. The second-order valence-electron chi connectivity index (χ2n) is 5.80. The average Bonchev–Trinajstić information content (AvgIpc) is 3.23. The third-order valence-corrected chi connectivity index (χ3v) is 6.18. The summed E-state index contributed by atoms with van der Waals surface area (Å²) in [6.45, 7) is -0.115. The van der Waals surface area contributed by atoms with Gasteiger partial charge in [0.15, 0.2) is 9.84 Å². The number of amides is 1. The summed E-state index contributed by atoms with van der Waals surface area (Å²) in [7, 11) is -2.28. The summed E-state index contributed by atoms with van der Waals surface area (Å²) in [4.78, 5) is 12.4. The number of hydrogen-bond donors (Lipinski definition) is 1. The van der Waals surface area contributed by atoms with Crippen molar-refractivity contribution in [3.63, 3.8) is 0 Å². The largest absolute Gasteiger partial charge is 0.497 e. The maximum atomic E-state index is 13.1. The van der Waals surface area contributed by atoms with E-state index in [1.165, 1.54) is 25.5 Å². The second kappa shape index (κ2) is 8.09. The summed E-state index contributed by atoms with van der Waals surface area (Å²) in [5.41, 5.74) is 0.456. The van der Waals surface area contributed by atoms with Crippen molar-refractivity contribution in [3.05, 3.63) is 84.3 Å². The van der Waals surface area contributed by atoms with E-state index < -0.39 is 15.1 Å². The molecule has 1 amide bonds. The molecule has 0 unspecified atom stereocenters. The minimum atomic E-state index is -3.79. The molecule has 3 aromatic rings. The fourth-order valence-corrected chi connectivity index (χ4v) is 4.23. The highest BCUT2D eigenvalue weighted by Gasteiger charge is 2.32. The van der Waals surface area contributed by atoms with E-state index >= 15 is 0 Å². The summed E-state index contributed by atoms with van der Waals surface area (Å²) in [6, 6.07) is 17.9. The maximum Gasteiger partial charge on any atom is 0.251 e. The Morgan fingerprint density at radius 3 is 2.33 bits per heavy atom. The second-order valence-corrected chi connectivity index (χ2v) is 7.93. The zero-order valence-corrected chi connectivity index (χ0v) is 15.5. The molecule has 1 atom stereocenters. The van der Waals surface area contributed by atoms with Gasteiger partial charge in [-0.15, -0.1) is 0 Å². The van der Waals surface area contributed by atoms with E-state index in [1.54, 1.807) is 54.6 Å². The molecule has 0 saturated heterocycles. The topological polar surface area (TPSA) is 85.6 Å². The molecule has 0 radical (unpaired) electrons. The van der Waals surface area contributed by atoms with E-state index in [0.717, 1.165) is 0 Å². The molecule has 2 aromatic carbocycles. The van der Waals surface area contributed by atoms with Crippen LogP contribution in [-0.4, -0.2) is 28.0 Å². The van der Waals surface area contributed by atoms with Crippen molar-refractivity contribution in [3.8, 4) is 5.75 Å². The van der Waals surface area contributed by atoms with Gasteiger partial charge >= 0.3 is 0 Å². The third-order valence-electron chi connectivity index (χ3n) is 4.11. The highest BCUT2D eigenvalue weighted by atomic mass is 32.2. The predicted molar refractivity (Wildman–Crippen MR) is 100 cm³/mol. The van der Waals surface area contributed by atoms with Crippen molar-refractivity contribution < 1.29 is 22.4 Å². The van der Waals surface area contributed by atoms with Gasteiger partial charge in [0.05, 0.1) is 18.3 Å². The van der Waals surface area contributed by atoms with Gasteiger partial charge in [0.2, 0.25) is 0 Å². The SMILES string of the molecule is COc1ccc(S(=O)(=O)[C@@H](CNC(=O)c2ccccc2)c2ccco2)cc1. The van der Waals surface area contributed by atoms with Gasteiger partial charge in [-0.05, 0) is 48.5 Å². The standard InChI is InChI=1S/C20H19NO5S/c1-25-16-9-11-17(12-10-16)27(23,24)19(18-8-5-13-26-18)14-21-20(22)15-6-3-2-4-7-15/h2-13,19H,14H2,1H3,(H,21,22)/t19-/m0/s1. The van der Waals surface area contributed by atoms with Crippen molar-refractivity contribution >= 4 is 15.7 Å². The number of carbonyl (C=O) groups excluding carboxylic acids is 1. The molecule has 1 heterocycles. The maximum absolute atomic E-state index is 13.1. The molecule has 27 heavy (non-hydrogen) atoms. The van der Waals surface area contributed by atoms with Crippen LogP contribution >= 0.6 is 0 Å². The van der Waals surface area contributed by atoms with E-state index in [4.69, 9.17) is 9.15 Å². The number of ether oxygens (including phenoxy) is 1. The number of methoxy groups -OCH3 is 1. The molecule has 0 aliphatic rings. The van der Waals surface area contributed by atoms with Crippen LogP contribution in [0.1, 0.15) is 21.4 Å². The van der Waals surface area contributed by atoms with Gasteiger partial charge < -0.3 is 14.5 Å². The molecule has 1 N–H and O–H groups in total. The van der Waals surface area contributed by atoms with E-state index in [9.17, 15) is 13.2 Å². The van der Waals surface area contributed by atoms with Crippen LogP contribution in [0.5, 0.6) is 5.75 Å². The van der Waals surface area contributed by atoms with E-state index in [2.05, 4.69) is 5.32 Å². The van der Waals surface area contributed by atoms with Crippen LogP contribution in [0.25, 0.3) is 0 Å². The highest BCUT2D eigenvalue weighted by Crippen LogP contribution is 2.30. The molecule has 140 valence electrons. The molecular weight excluding hydrogens is 366 g/mol. The van der Waals surface area contributed by atoms with Crippen LogP contribution in [0.3, 0.4) is 0 Å². The Kier molecular flexibility index (Phi) is 5.61. The van der Waals surface area contributed by atoms with Gasteiger partial charge in [0.1, 0.15) is 16.8 Å². The van der Waals surface area contributed by atoms with E-state index in [0.29, 0.717) is 11.3 Å². The normalized spacial score (nSPS) is 12.3. The molecule has 3 rings (SSSR count). The number of furan rings is 1. The molecule has 7 heteroatoms. The van der Waals surface area contributed by atoms with Crippen LogP contribution in [0, 0.1) is 0 Å². The smallest absolute Gasteiger partial charge is 0.251 e. The summed E-state index contributed by atoms with van der Waals surface area (Å²) in [5, 5.41) is 1.64. The molecule has 0 aliphatic heterocycles. The number of rotatable bonds is 7. The number of benzene rings is 2. The molecule has 0 spiro atoms. The van der Waals surface area contributed by atoms with Gasteiger partial charge in [-0.2, -0.15) is 0 Å². The monoisotopic (exact) mass is 385 g/mol. The number of sulfone groups is 1. The summed E-state index contributed by atoms with van der Waals surface area (Å²) in [5.74, 6) is 0.470. The zero-order valence-electron chi connectivity index (χ0n) is 14.7. The summed E-state index contributed by atoms with van der Waals surface area (Å²) < 4.78 is 36.7. The molecular formula is C20H19NO5S. The van der Waals surface area contributed by atoms with Crippen molar-refractivity contribution in [1.82, 2.24) is 5.32 Å². The van der Waals surface area contributed by atoms with E-state index in [-0.39, 0.29) is 23.1 Å². The van der Waals surface area contributed by atoms with Crippen LogP contribution in [0.4, 0.5) is 0 Å². The molecule has 6 nitrogen and oxygen atoms in total. The Morgan fingerprint density at radius 2 is 1.74 bits per heavy atom. The van der Waals surface area contributed by atoms with Crippen molar-refractivity contribution in [2.45, 2.75) is 10.1 Å². The van der Waals surface area contributed by atoms with Gasteiger partial charge in [0.25, 0.3) is 5.91 Å². The van der Waals surface area contributed by atoms with Crippen molar-refractivity contribution in [2.24, 2.45) is 0 Å². The van der Waals surface area contributed by atoms with Crippen LogP contribution in [0.2, 0.25) is 0 Å². The first kappa shape index (κ1) is 18.7. The third kappa shape index (κ3) is 4.20. The Labute approximate surface area is 157 Å². The van der Waals surface area contributed by atoms with Gasteiger partial charge in [-0.3, -0.25) is 4.79 Å². The Hall–Kier alpha value is -3.06. The van der Waals surface area contributed by atoms with E-state index in [1.807, 2.05) is 0 Å². The average molecular weight is 385 g/mol. The predicted octanol–water partition coefficient (Wildman–Crippen LogP) is 3.23. The first-order valence-corrected chi connectivity index (χ1v) is 9.81. The van der Waals surface area contributed by atoms with Crippen molar-refractivity contribution in [1.29, 1.82) is 0 Å². The molecule has 0 aliphatic carbocycles. The molecule has 0 fully saturated rings. The molecule has 0 bridgehead atoms. The lowest BCUT2D eigenvalue weighted by Crippen LogP contribution is -2.31. The number of carbonyl (C=O) groups is 1. The van der Waals surface area contributed by atoms with Gasteiger partial charge in [-0.25, -0.2) is 8.42 Å². The quantitative estimate of drug-likeness (QED) is 0.675. The zero-order chi connectivity index (χ0) is 19.3. The number of nitrogens with one attached hydrogen (secondary N) is 1. The number of hydrogen-bond acceptors (Lipinski definition) is 5. The fraction of sp³-hybridized carbons (Fsp3) is 0.150.